The predicted octanol–water partition coefficient (Wildman–Crippen LogP) is 7.71. The zero-order valence-corrected chi connectivity index (χ0v) is 35.6. The smallest absolute Gasteiger partial charge is 0.223 e. The minimum atomic E-state index is -0.315. The van der Waals surface area contributed by atoms with Crippen molar-refractivity contribution in [1.82, 2.24) is 20.6 Å². The van der Waals surface area contributed by atoms with Gasteiger partial charge in [0.2, 0.25) is 17.8 Å². The highest BCUT2D eigenvalue weighted by atomic mass is 16.5. The number of nitrogens with two attached hydrogens (primary N) is 2. The third-order valence-electron chi connectivity index (χ3n) is 10.0. The average Bonchev–Trinajstić information content (AvgIpc) is 3.12. The maximum atomic E-state index is 13.3. The van der Waals surface area contributed by atoms with Crippen molar-refractivity contribution in [3.8, 4) is 11.5 Å². The minimum Gasteiger partial charge on any atom is -0.493 e. The molecule has 0 radical (unpaired) electrons. The molecule has 2 amide bonds. The summed E-state index contributed by atoms with van der Waals surface area (Å²) in [6, 6.07) is 3.81. The van der Waals surface area contributed by atoms with Gasteiger partial charge in [-0.15, -0.1) is 0 Å². The molecule has 1 aromatic heterocycles. The van der Waals surface area contributed by atoms with E-state index in [9.17, 15) is 19.2 Å². The lowest BCUT2D eigenvalue weighted by molar-refractivity contribution is -0.130. The van der Waals surface area contributed by atoms with Crippen molar-refractivity contribution in [2.24, 2.45) is 23.7 Å². The number of carbonyl (C=O) groups excluding carboxylic acids is 4. The number of nitrogens with one attached hydrogen (secondary N) is 2. The molecule has 0 spiro atoms. The lowest BCUT2D eigenvalue weighted by atomic mass is 9.89. The van der Waals surface area contributed by atoms with Gasteiger partial charge in [0, 0.05) is 55.4 Å². The number of unbranched alkanes of at least 4 members (excludes halogenated alkanes) is 5. The van der Waals surface area contributed by atoms with Crippen LogP contribution in [-0.2, 0) is 25.6 Å². The Labute approximate surface area is 336 Å². The standard InChI is InChI=1S/C44H72N6O6/c1-9-10-16-34(18-19-37(22-30(4)5)49-43(54)35(21-29(2)3)24-32(7)51)42(53)47-20-15-13-11-12-14-17-38(52)28-56-40-31(6)23-33(26-39(40)55-8)25-36-27-48-44(46)50-41(36)45/h23,26-27,29-30,34-35,37H,9-22,24-25,28H2,1-8H3,(H,47,53)(H,49,54)(H4,45,46,48,50)/t34-,35-,37-/m1/s1. The Morgan fingerprint density at radius 1 is 0.857 bits per heavy atom. The first-order valence-electron chi connectivity index (χ1n) is 20.9. The Balaban J connectivity index is 1.75. The number of methoxy groups -OCH3 is 1. The monoisotopic (exact) mass is 781 g/mol. The van der Waals surface area contributed by atoms with Crippen LogP contribution in [0.3, 0.4) is 0 Å². The Morgan fingerprint density at radius 2 is 1.55 bits per heavy atom. The number of Topliss-reactive ketones (excluding diaryl/α,β-unsaturated/α-hetero) is 2. The van der Waals surface area contributed by atoms with Crippen LogP contribution < -0.4 is 31.6 Å². The summed E-state index contributed by atoms with van der Waals surface area (Å²) in [4.78, 5) is 59.2. The molecule has 0 aliphatic rings. The van der Waals surface area contributed by atoms with E-state index in [0.29, 0.717) is 55.0 Å². The summed E-state index contributed by atoms with van der Waals surface area (Å²) in [6.45, 7) is 14.6. The van der Waals surface area contributed by atoms with Crippen molar-refractivity contribution < 1.29 is 28.7 Å². The highest BCUT2D eigenvalue weighted by Crippen LogP contribution is 2.34. The summed E-state index contributed by atoms with van der Waals surface area (Å²) in [5.41, 5.74) is 14.2. The number of aryl methyl sites for hydroxylation is 1. The summed E-state index contributed by atoms with van der Waals surface area (Å²) in [5, 5.41) is 6.43. The molecule has 0 fully saturated rings. The Hall–Kier alpha value is -4.22. The van der Waals surface area contributed by atoms with Crippen LogP contribution in [0, 0.1) is 30.6 Å². The number of aromatic nitrogens is 2. The van der Waals surface area contributed by atoms with E-state index >= 15 is 0 Å². The first-order chi connectivity index (χ1) is 26.6. The highest BCUT2D eigenvalue weighted by Gasteiger charge is 2.26. The molecule has 0 saturated carbocycles. The van der Waals surface area contributed by atoms with Gasteiger partial charge >= 0.3 is 0 Å². The van der Waals surface area contributed by atoms with Gasteiger partial charge in [-0.2, -0.15) is 4.98 Å². The van der Waals surface area contributed by atoms with E-state index in [1.54, 1.807) is 20.2 Å². The molecule has 0 aliphatic carbocycles. The van der Waals surface area contributed by atoms with E-state index in [1.807, 2.05) is 19.1 Å². The molecule has 0 aliphatic heterocycles. The van der Waals surface area contributed by atoms with Gasteiger partial charge in [0.15, 0.2) is 17.3 Å². The molecule has 2 aromatic rings. The van der Waals surface area contributed by atoms with E-state index in [0.717, 1.165) is 87.3 Å². The van der Waals surface area contributed by atoms with Gasteiger partial charge in [-0.1, -0.05) is 72.8 Å². The van der Waals surface area contributed by atoms with E-state index in [-0.39, 0.29) is 60.2 Å². The fourth-order valence-corrected chi connectivity index (χ4v) is 7.20. The molecular formula is C44H72N6O6. The molecule has 2 rings (SSSR count). The summed E-state index contributed by atoms with van der Waals surface area (Å²) in [7, 11) is 1.57. The van der Waals surface area contributed by atoms with Gasteiger partial charge in [0.25, 0.3) is 0 Å². The van der Waals surface area contributed by atoms with Crippen molar-refractivity contribution in [3.05, 3.63) is 35.0 Å². The number of carbonyl (C=O) groups is 4. The van der Waals surface area contributed by atoms with Crippen LogP contribution in [0.5, 0.6) is 11.5 Å². The molecule has 6 N–H and O–H groups in total. The van der Waals surface area contributed by atoms with Crippen molar-refractivity contribution in [3.63, 3.8) is 0 Å². The molecule has 3 atom stereocenters. The number of hydrogen-bond acceptors (Lipinski definition) is 10. The second-order valence-electron chi connectivity index (χ2n) is 16.4. The number of amides is 2. The van der Waals surface area contributed by atoms with Crippen LogP contribution >= 0.6 is 0 Å². The molecule has 12 nitrogen and oxygen atoms in total. The average molecular weight is 781 g/mol. The van der Waals surface area contributed by atoms with Crippen LogP contribution in [0.25, 0.3) is 0 Å². The number of rotatable bonds is 29. The van der Waals surface area contributed by atoms with Crippen LogP contribution in [0.1, 0.15) is 148 Å². The molecule has 0 saturated heterocycles. The van der Waals surface area contributed by atoms with Crippen molar-refractivity contribution in [2.75, 3.05) is 31.7 Å². The van der Waals surface area contributed by atoms with Gasteiger partial charge in [-0.25, -0.2) is 4.98 Å². The minimum absolute atomic E-state index is 0.0242. The maximum absolute atomic E-state index is 13.3. The van der Waals surface area contributed by atoms with Crippen LogP contribution in [-0.4, -0.2) is 59.7 Å². The first kappa shape index (κ1) is 47.9. The topological polar surface area (TPSA) is 189 Å². The largest absolute Gasteiger partial charge is 0.493 e. The van der Waals surface area contributed by atoms with E-state index in [2.05, 4.69) is 55.2 Å². The number of nitrogen functional groups attached to an aromatic ring is 2. The van der Waals surface area contributed by atoms with E-state index < -0.39 is 0 Å². The quantitative estimate of drug-likeness (QED) is 0.0595. The number of hydrogen-bond donors (Lipinski definition) is 4. The van der Waals surface area contributed by atoms with Crippen molar-refractivity contribution in [1.29, 1.82) is 0 Å². The lowest BCUT2D eigenvalue weighted by Crippen LogP contribution is -2.41. The van der Waals surface area contributed by atoms with Crippen LogP contribution in [0.2, 0.25) is 0 Å². The van der Waals surface area contributed by atoms with Gasteiger partial charge < -0.3 is 36.4 Å². The zero-order chi connectivity index (χ0) is 41.6. The Bertz CT molecular complexity index is 1530. The summed E-state index contributed by atoms with van der Waals surface area (Å²) in [5.74, 6) is 1.98. The van der Waals surface area contributed by atoms with Gasteiger partial charge in [0.1, 0.15) is 18.2 Å². The number of ketones is 2. The van der Waals surface area contributed by atoms with Crippen molar-refractivity contribution in [2.45, 2.75) is 151 Å². The molecule has 314 valence electrons. The van der Waals surface area contributed by atoms with Crippen LogP contribution in [0.4, 0.5) is 11.8 Å². The third-order valence-corrected chi connectivity index (χ3v) is 10.0. The zero-order valence-electron chi connectivity index (χ0n) is 35.6. The fourth-order valence-electron chi connectivity index (χ4n) is 7.20. The molecule has 0 unspecified atom stereocenters. The lowest BCUT2D eigenvalue weighted by Gasteiger charge is -2.26. The highest BCUT2D eigenvalue weighted by molar-refractivity contribution is 5.86. The van der Waals surface area contributed by atoms with E-state index in [4.69, 9.17) is 20.9 Å². The van der Waals surface area contributed by atoms with E-state index in [1.165, 1.54) is 0 Å². The summed E-state index contributed by atoms with van der Waals surface area (Å²) < 4.78 is 11.5. The number of ether oxygens (including phenoxy) is 2. The molecule has 1 aromatic carbocycles. The second kappa shape index (κ2) is 25.8. The molecule has 1 heterocycles. The number of anilines is 2. The number of nitrogens with zero attached hydrogens (tertiary/aromatic N) is 2. The normalized spacial score (nSPS) is 13.0. The maximum Gasteiger partial charge on any atom is 0.223 e. The second-order valence-corrected chi connectivity index (χ2v) is 16.4. The fraction of sp³-hybridized carbons (Fsp3) is 0.682. The predicted molar refractivity (Wildman–Crippen MR) is 224 cm³/mol. The van der Waals surface area contributed by atoms with Crippen LogP contribution in [0.15, 0.2) is 18.3 Å². The summed E-state index contributed by atoms with van der Waals surface area (Å²) in [6.07, 6.45) is 13.2. The van der Waals surface area contributed by atoms with Crippen molar-refractivity contribution >= 4 is 35.1 Å². The number of benzene rings is 1. The molecule has 12 heteroatoms. The Morgan fingerprint density at radius 3 is 2.20 bits per heavy atom. The van der Waals surface area contributed by atoms with Gasteiger partial charge in [0.05, 0.1) is 7.11 Å². The first-order valence-corrected chi connectivity index (χ1v) is 20.9. The molecule has 0 bridgehead atoms. The third kappa shape index (κ3) is 18.6. The SMILES string of the molecule is CCCC[C@H](CC[C@H](CC(C)C)NC(=O)[C@@H](CC(C)=O)CC(C)C)C(=O)NCCCCCCCC(=O)COc1c(C)cc(Cc2cnc(N)nc2N)cc1OC. The molecular weight excluding hydrogens is 709 g/mol. The molecule has 56 heavy (non-hydrogen) atoms. The summed E-state index contributed by atoms with van der Waals surface area (Å²) >= 11 is 0. The Kier molecular flexibility index (Phi) is 22.1. The van der Waals surface area contributed by atoms with Gasteiger partial charge in [-0.05, 0) is 87.8 Å². The van der Waals surface area contributed by atoms with Gasteiger partial charge in [-0.3, -0.25) is 14.4 Å².